The first-order valence-electron chi connectivity index (χ1n) is 13.0. The fourth-order valence-electron chi connectivity index (χ4n) is 5.14. The number of nitrogen functional groups attached to an aromatic ring is 1. The highest BCUT2D eigenvalue weighted by atomic mass is 16.5. The van der Waals surface area contributed by atoms with E-state index in [4.69, 9.17) is 10.5 Å². The summed E-state index contributed by atoms with van der Waals surface area (Å²) >= 11 is 0. The summed E-state index contributed by atoms with van der Waals surface area (Å²) in [5.74, 6) is -0.167. The topological polar surface area (TPSA) is 142 Å². The average Bonchev–Trinajstić information content (AvgIpc) is 2.92. The quantitative estimate of drug-likeness (QED) is 0.524. The number of rotatable bonds is 3. The summed E-state index contributed by atoms with van der Waals surface area (Å²) in [6, 6.07) is 7.22. The number of hydrogen-bond acceptors (Lipinski definition) is 9. The highest BCUT2D eigenvalue weighted by Gasteiger charge is 2.42. The summed E-state index contributed by atoms with van der Waals surface area (Å²) in [5.41, 5.74) is 6.62. The largest absolute Gasteiger partial charge is 0.462 e. The molecular formula is C27H37N5O5. The molecule has 2 atom stereocenters. The molecule has 1 spiro atoms. The van der Waals surface area contributed by atoms with Crippen LogP contribution in [0.4, 0.5) is 5.82 Å². The maximum Gasteiger partial charge on any atom is 0.312 e. The molecule has 0 aromatic carbocycles. The third-order valence-electron chi connectivity index (χ3n) is 7.58. The first-order chi connectivity index (χ1) is 17.9. The fraction of sp³-hybridized carbons (Fsp3) is 0.556. The Morgan fingerprint density at radius 3 is 2.49 bits per heavy atom. The number of pyridine rings is 2. The number of aliphatic hydroxyl groups is 2. The van der Waals surface area contributed by atoms with Crippen molar-refractivity contribution in [3.8, 4) is 0 Å². The zero-order chi connectivity index (χ0) is 26.3. The summed E-state index contributed by atoms with van der Waals surface area (Å²) in [7, 11) is 0. The predicted octanol–water partition coefficient (Wildman–Crippen LogP) is 1.62. The van der Waals surface area contributed by atoms with Crippen molar-refractivity contribution in [2.75, 3.05) is 38.5 Å². The van der Waals surface area contributed by atoms with Crippen LogP contribution in [-0.2, 0) is 16.1 Å². The van der Waals surface area contributed by atoms with Crippen molar-refractivity contribution >= 4 is 17.7 Å². The van der Waals surface area contributed by atoms with Crippen LogP contribution >= 0.6 is 0 Å². The smallest absolute Gasteiger partial charge is 0.312 e. The number of nitrogens with zero attached hydrogens (tertiary/aromatic N) is 4. The molecule has 4 heterocycles. The van der Waals surface area contributed by atoms with E-state index < -0.39 is 17.6 Å². The summed E-state index contributed by atoms with van der Waals surface area (Å²) < 4.78 is 5.56. The maximum absolute atomic E-state index is 13.3. The molecule has 0 unspecified atom stereocenters. The number of anilines is 1. The van der Waals surface area contributed by atoms with Crippen LogP contribution in [0.15, 0.2) is 42.9 Å². The van der Waals surface area contributed by atoms with Gasteiger partial charge in [-0.3, -0.25) is 19.5 Å². The van der Waals surface area contributed by atoms with Gasteiger partial charge in [0.15, 0.2) is 0 Å². The van der Waals surface area contributed by atoms with Gasteiger partial charge in [-0.05, 0) is 75.0 Å². The Morgan fingerprint density at radius 1 is 1.03 bits per heavy atom. The Kier molecular flexibility index (Phi) is 9.07. The molecule has 0 saturated carbocycles. The van der Waals surface area contributed by atoms with Crippen molar-refractivity contribution in [3.05, 3.63) is 54.0 Å². The molecule has 200 valence electrons. The molecule has 1 amide bonds. The number of likely N-dealkylation sites (tertiary alicyclic amines) is 1. The van der Waals surface area contributed by atoms with Gasteiger partial charge in [0, 0.05) is 38.2 Å². The first kappa shape index (κ1) is 27.0. The molecule has 2 aliphatic rings. The first-order valence-corrected chi connectivity index (χ1v) is 13.0. The van der Waals surface area contributed by atoms with E-state index in [2.05, 4.69) is 14.9 Å². The number of esters is 1. The molecule has 0 bridgehead atoms. The van der Waals surface area contributed by atoms with Crippen molar-refractivity contribution in [2.24, 2.45) is 5.41 Å². The standard InChI is InChI=1S/C27H37N5O5/c28-24-4-3-21(17-30-24)25(35)32-13-2-1-8-27(26(36)37-19-23(34)22(33)7-14-32)9-15-31(16-10-27)18-20-5-11-29-12-6-20/h3-6,11-12,17,22-23,33-34H,1-2,7-10,13-16,18-19H2,(H2,28,30)/t22-,23+/m0/s1. The molecule has 37 heavy (non-hydrogen) atoms. The molecule has 4 rings (SSSR count). The molecule has 2 fully saturated rings. The molecule has 2 aromatic heterocycles. The van der Waals surface area contributed by atoms with Crippen LogP contribution < -0.4 is 5.73 Å². The van der Waals surface area contributed by atoms with E-state index in [9.17, 15) is 19.8 Å². The summed E-state index contributed by atoms with van der Waals surface area (Å²) in [6.45, 7) is 2.80. The minimum absolute atomic E-state index is 0.169. The SMILES string of the molecule is Nc1ccc(C(=O)N2CCCCC3(CCN(Cc4ccncc4)CC3)C(=O)OC[C@@H](O)[C@@H](O)CC2)cn1. The van der Waals surface area contributed by atoms with Gasteiger partial charge in [0.25, 0.3) is 5.91 Å². The second-order valence-corrected chi connectivity index (χ2v) is 10.2. The van der Waals surface area contributed by atoms with E-state index in [0.29, 0.717) is 43.6 Å². The van der Waals surface area contributed by atoms with Crippen LogP contribution in [-0.4, -0.2) is 86.9 Å². The number of aromatic nitrogens is 2. The zero-order valence-corrected chi connectivity index (χ0v) is 21.2. The van der Waals surface area contributed by atoms with Crippen LogP contribution in [0.25, 0.3) is 0 Å². The van der Waals surface area contributed by atoms with Crippen molar-refractivity contribution in [1.29, 1.82) is 0 Å². The van der Waals surface area contributed by atoms with Gasteiger partial charge in [0.05, 0.1) is 17.1 Å². The van der Waals surface area contributed by atoms with Crippen molar-refractivity contribution < 1.29 is 24.5 Å². The number of cyclic esters (lactones) is 1. The Bertz CT molecular complexity index is 1030. The third-order valence-corrected chi connectivity index (χ3v) is 7.58. The minimum Gasteiger partial charge on any atom is -0.462 e. The van der Waals surface area contributed by atoms with Gasteiger partial charge in [-0.2, -0.15) is 0 Å². The number of aliphatic hydroxyl groups excluding tert-OH is 2. The number of amides is 1. The molecule has 0 aliphatic carbocycles. The summed E-state index contributed by atoms with van der Waals surface area (Å²) in [4.78, 5) is 38.5. The summed E-state index contributed by atoms with van der Waals surface area (Å²) in [6.07, 6.45) is 6.29. The van der Waals surface area contributed by atoms with Gasteiger partial charge >= 0.3 is 5.97 Å². The number of piperidine rings is 1. The third kappa shape index (κ3) is 7.03. The fourth-order valence-corrected chi connectivity index (χ4v) is 5.14. The van der Waals surface area contributed by atoms with Gasteiger partial charge in [-0.15, -0.1) is 0 Å². The van der Waals surface area contributed by atoms with Gasteiger partial charge in [0.2, 0.25) is 0 Å². The van der Waals surface area contributed by atoms with Gasteiger partial charge in [0.1, 0.15) is 18.5 Å². The Labute approximate surface area is 217 Å². The molecular weight excluding hydrogens is 474 g/mol. The summed E-state index contributed by atoms with van der Waals surface area (Å²) in [5, 5.41) is 20.9. The number of nitrogens with two attached hydrogens (primary N) is 1. The Hall–Kier alpha value is -3.08. The van der Waals surface area contributed by atoms with Gasteiger partial charge < -0.3 is 25.6 Å². The van der Waals surface area contributed by atoms with Gasteiger partial charge in [-0.25, -0.2) is 4.98 Å². The van der Waals surface area contributed by atoms with Crippen LogP contribution in [0.1, 0.15) is 54.4 Å². The number of carbonyl (C=O) groups is 2. The van der Waals surface area contributed by atoms with Gasteiger partial charge in [-0.1, -0.05) is 6.42 Å². The predicted molar refractivity (Wildman–Crippen MR) is 137 cm³/mol. The lowest BCUT2D eigenvalue weighted by atomic mass is 9.74. The van der Waals surface area contributed by atoms with E-state index in [1.165, 1.54) is 11.8 Å². The van der Waals surface area contributed by atoms with E-state index in [1.807, 2.05) is 12.1 Å². The van der Waals surface area contributed by atoms with E-state index >= 15 is 0 Å². The highest BCUT2D eigenvalue weighted by molar-refractivity contribution is 5.94. The van der Waals surface area contributed by atoms with Crippen molar-refractivity contribution in [3.63, 3.8) is 0 Å². The number of carbonyl (C=O) groups excluding carboxylic acids is 2. The minimum atomic E-state index is -1.22. The molecule has 2 aromatic rings. The van der Waals surface area contributed by atoms with E-state index in [-0.39, 0.29) is 31.4 Å². The molecule has 4 N–H and O–H groups in total. The lowest BCUT2D eigenvalue weighted by molar-refractivity contribution is -0.165. The second-order valence-electron chi connectivity index (χ2n) is 10.2. The van der Waals surface area contributed by atoms with Crippen LogP contribution in [0.3, 0.4) is 0 Å². The second kappa shape index (κ2) is 12.4. The monoisotopic (exact) mass is 511 g/mol. The van der Waals surface area contributed by atoms with E-state index in [1.54, 1.807) is 29.4 Å². The Morgan fingerprint density at radius 2 is 1.78 bits per heavy atom. The highest BCUT2D eigenvalue weighted by Crippen LogP contribution is 2.38. The molecule has 10 heteroatoms. The van der Waals surface area contributed by atoms with E-state index in [0.717, 1.165) is 26.1 Å². The van der Waals surface area contributed by atoms with Crippen LogP contribution in [0.2, 0.25) is 0 Å². The molecule has 2 aliphatic heterocycles. The Balaban J connectivity index is 1.43. The molecule has 2 saturated heterocycles. The van der Waals surface area contributed by atoms with Crippen molar-refractivity contribution in [1.82, 2.24) is 19.8 Å². The van der Waals surface area contributed by atoms with Crippen LogP contribution in [0, 0.1) is 5.41 Å². The average molecular weight is 512 g/mol. The number of ether oxygens (including phenoxy) is 1. The zero-order valence-electron chi connectivity index (χ0n) is 21.2. The lowest BCUT2D eigenvalue weighted by Gasteiger charge is -2.40. The maximum atomic E-state index is 13.3. The normalized spacial score (nSPS) is 23.9. The lowest BCUT2D eigenvalue weighted by Crippen LogP contribution is -2.45. The van der Waals surface area contributed by atoms with Crippen LogP contribution in [0.5, 0.6) is 0 Å². The van der Waals surface area contributed by atoms with Crippen molar-refractivity contribution in [2.45, 2.75) is 57.3 Å². The number of hydrogen-bond donors (Lipinski definition) is 3. The molecule has 10 nitrogen and oxygen atoms in total. The molecule has 0 radical (unpaired) electrons.